The van der Waals surface area contributed by atoms with E-state index in [9.17, 15) is 4.79 Å². The maximum Gasteiger partial charge on any atom is 0.255 e. The number of amides is 1. The molecule has 5 heteroatoms. The second-order valence-corrected chi connectivity index (χ2v) is 6.53. The molecule has 0 saturated carbocycles. The molecule has 2 heterocycles. The average molecular weight is 354 g/mol. The summed E-state index contributed by atoms with van der Waals surface area (Å²) in [6.45, 7) is 9.52. The molecule has 21 heavy (non-hydrogen) atoms. The number of piperidine rings is 1. The lowest BCUT2D eigenvalue weighted by molar-refractivity contribution is 0.0669. The van der Waals surface area contributed by atoms with Gasteiger partial charge in [-0.1, -0.05) is 13.8 Å². The molecule has 0 unspecified atom stereocenters. The zero-order valence-electron chi connectivity index (χ0n) is 12.9. The highest BCUT2D eigenvalue weighted by atomic mass is 79.9. The van der Waals surface area contributed by atoms with Crippen LogP contribution in [-0.2, 0) is 0 Å². The van der Waals surface area contributed by atoms with E-state index in [2.05, 4.69) is 39.7 Å². The lowest BCUT2D eigenvalue weighted by Crippen LogP contribution is -2.41. The minimum atomic E-state index is 0.102. The normalized spacial score (nSPS) is 16.5. The summed E-state index contributed by atoms with van der Waals surface area (Å²) >= 11 is 3.37. The molecule has 1 aromatic heterocycles. The average Bonchev–Trinajstić information content (AvgIpc) is 2.52. The molecule has 4 nitrogen and oxygen atoms in total. The molecule has 1 amide bonds. The summed E-state index contributed by atoms with van der Waals surface area (Å²) in [5.41, 5.74) is 0.673. The Kier molecular flexibility index (Phi) is 6.18. The number of pyridine rings is 1. The van der Waals surface area contributed by atoms with Crippen molar-refractivity contribution >= 4 is 21.8 Å². The first-order valence-corrected chi connectivity index (χ1v) is 8.55. The minimum Gasteiger partial charge on any atom is -0.339 e. The Morgan fingerprint density at radius 3 is 2.57 bits per heavy atom. The van der Waals surface area contributed by atoms with Crippen LogP contribution in [0.25, 0.3) is 0 Å². The third kappa shape index (κ3) is 4.51. The van der Waals surface area contributed by atoms with E-state index < -0.39 is 0 Å². The van der Waals surface area contributed by atoms with Crippen LogP contribution in [-0.4, -0.2) is 53.4 Å². The molecule has 0 bridgehead atoms. The van der Waals surface area contributed by atoms with Crippen LogP contribution >= 0.6 is 15.9 Å². The molecular formula is C16H24BrN3O. The molecule has 0 atom stereocenters. The number of carbonyl (C=O) groups is 1. The number of aromatic nitrogens is 1. The van der Waals surface area contributed by atoms with Gasteiger partial charge in [-0.2, -0.15) is 0 Å². The van der Waals surface area contributed by atoms with Crippen LogP contribution < -0.4 is 0 Å². The molecule has 1 fully saturated rings. The summed E-state index contributed by atoms with van der Waals surface area (Å²) in [6.07, 6.45) is 5.55. The van der Waals surface area contributed by atoms with Crippen LogP contribution in [0.4, 0.5) is 0 Å². The zero-order valence-corrected chi connectivity index (χ0v) is 14.5. The molecule has 2 rings (SSSR count). The molecular weight excluding hydrogens is 330 g/mol. The first-order valence-electron chi connectivity index (χ1n) is 7.76. The van der Waals surface area contributed by atoms with Gasteiger partial charge in [-0.3, -0.25) is 9.78 Å². The molecule has 0 spiro atoms. The van der Waals surface area contributed by atoms with Gasteiger partial charge in [0.2, 0.25) is 0 Å². The summed E-state index contributed by atoms with van der Waals surface area (Å²) < 4.78 is 0.852. The number of hydrogen-bond acceptors (Lipinski definition) is 3. The fraction of sp³-hybridized carbons (Fsp3) is 0.625. The highest BCUT2D eigenvalue weighted by Gasteiger charge is 2.24. The van der Waals surface area contributed by atoms with Crippen LogP contribution in [0.2, 0.25) is 0 Å². The van der Waals surface area contributed by atoms with Crippen LogP contribution in [0.5, 0.6) is 0 Å². The van der Waals surface area contributed by atoms with Gasteiger partial charge in [-0.05, 0) is 53.8 Å². The quantitative estimate of drug-likeness (QED) is 0.816. The first-order chi connectivity index (χ1) is 10.1. The van der Waals surface area contributed by atoms with Gasteiger partial charge in [-0.15, -0.1) is 0 Å². The molecule has 1 saturated heterocycles. The molecule has 0 radical (unpaired) electrons. The molecule has 0 N–H and O–H groups in total. The van der Waals surface area contributed by atoms with Crippen molar-refractivity contribution in [2.24, 2.45) is 5.92 Å². The topological polar surface area (TPSA) is 36.4 Å². The molecule has 0 aromatic carbocycles. The zero-order chi connectivity index (χ0) is 15.2. The molecule has 1 aromatic rings. The van der Waals surface area contributed by atoms with Crippen molar-refractivity contribution < 1.29 is 4.79 Å². The maximum absolute atomic E-state index is 12.4. The van der Waals surface area contributed by atoms with Crippen molar-refractivity contribution in [2.75, 3.05) is 32.7 Å². The standard InChI is InChI=1S/C16H24BrN3O/c1-3-19(4-2)12-13-5-7-20(8-6-13)16(21)14-9-15(17)11-18-10-14/h9-11,13H,3-8,12H2,1-2H3. The summed E-state index contributed by atoms with van der Waals surface area (Å²) in [7, 11) is 0. The number of halogens is 1. The van der Waals surface area contributed by atoms with Gasteiger partial charge in [0.05, 0.1) is 5.56 Å². The Labute approximate surface area is 135 Å². The monoisotopic (exact) mass is 353 g/mol. The highest BCUT2D eigenvalue weighted by molar-refractivity contribution is 9.10. The van der Waals surface area contributed by atoms with Gasteiger partial charge in [0, 0.05) is 36.5 Å². The second kappa shape index (κ2) is 7.90. The SMILES string of the molecule is CCN(CC)CC1CCN(C(=O)c2cncc(Br)c2)CC1. The molecule has 1 aliphatic heterocycles. The second-order valence-electron chi connectivity index (χ2n) is 5.61. The van der Waals surface area contributed by atoms with Crippen molar-refractivity contribution in [1.29, 1.82) is 0 Å². The van der Waals surface area contributed by atoms with Gasteiger partial charge in [-0.25, -0.2) is 0 Å². The number of carbonyl (C=O) groups excluding carboxylic acids is 1. The van der Waals surface area contributed by atoms with Crippen molar-refractivity contribution in [1.82, 2.24) is 14.8 Å². The van der Waals surface area contributed by atoms with Gasteiger partial charge in [0.15, 0.2) is 0 Å². The highest BCUT2D eigenvalue weighted by Crippen LogP contribution is 2.20. The fourth-order valence-corrected chi connectivity index (χ4v) is 3.24. The Morgan fingerprint density at radius 1 is 1.33 bits per heavy atom. The Hall–Kier alpha value is -0.940. The predicted molar refractivity (Wildman–Crippen MR) is 88.4 cm³/mol. The third-order valence-electron chi connectivity index (χ3n) is 4.26. The van der Waals surface area contributed by atoms with Gasteiger partial charge in [0.25, 0.3) is 5.91 Å². The molecule has 116 valence electrons. The summed E-state index contributed by atoms with van der Waals surface area (Å²) in [4.78, 5) is 21.0. The molecule has 0 aliphatic carbocycles. The Balaban J connectivity index is 1.87. The number of likely N-dealkylation sites (tertiary alicyclic amines) is 1. The predicted octanol–water partition coefficient (Wildman–Crippen LogP) is 3.04. The van der Waals surface area contributed by atoms with Crippen LogP contribution in [0, 0.1) is 5.92 Å². The summed E-state index contributed by atoms with van der Waals surface area (Å²) in [5, 5.41) is 0. The lowest BCUT2D eigenvalue weighted by Gasteiger charge is -2.34. The fourth-order valence-electron chi connectivity index (χ4n) is 2.88. The van der Waals surface area contributed by atoms with Crippen LogP contribution in [0.15, 0.2) is 22.9 Å². The van der Waals surface area contributed by atoms with E-state index in [1.807, 2.05) is 11.0 Å². The van der Waals surface area contributed by atoms with E-state index >= 15 is 0 Å². The van der Waals surface area contributed by atoms with Crippen LogP contribution in [0.3, 0.4) is 0 Å². The van der Waals surface area contributed by atoms with E-state index in [0.717, 1.165) is 56.0 Å². The van der Waals surface area contributed by atoms with Crippen molar-refractivity contribution in [3.05, 3.63) is 28.5 Å². The molecule has 1 aliphatic rings. The third-order valence-corrected chi connectivity index (χ3v) is 4.70. The Morgan fingerprint density at radius 2 is 2.00 bits per heavy atom. The maximum atomic E-state index is 12.4. The minimum absolute atomic E-state index is 0.102. The smallest absolute Gasteiger partial charge is 0.255 e. The van der Waals surface area contributed by atoms with E-state index in [1.54, 1.807) is 12.4 Å². The van der Waals surface area contributed by atoms with Crippen molar-refractivity contribution in [3.63, 3.8) is 0 Å². The number of rotatable bonds is 5. The van der Waals surface area contributed by atoms with E-state index in [1.165, 1.54) is 0 Å². The van der Waals surface area contributed by atoms with E-state index in [-0.39, 0.29) is 5.91 Å². The number of hydrogen-bond donors (Lipinski definition) is 0. The van der Waals surface area contributed by atoms with E-state index in [0.29, 0.717) is 5.56 Å². The largest absolute Gasteiger partial charge is 0.339 e. The van der Waals surface area contributed by atoms with Gasteiger partial charge >= 0.3 is 0 Å². The van der Waals surface area contributed by atoms with Gasteiger partial charge < -0.3 is 9.80 Å². The van der Waals surface area contributed by atoms with Crippen molar-refractivity contribution in [2.45, 2.75) is 26.7 Å². The van der Waals surface area contributed by atoms with Crippen molar-refractivity contribution in [3.8, 4) is 0 Å². The summed E-state index contributed by atoms with van der Waals surface area (Å²) in [5.74, 6) is 0.819. The Bertz CT molecular complexity index is 468. The first kappa shape index (κ1) is 16.4. The van der Waals surface area contributed by atoms with Crippen LogP contribution in [0.1, 0.15) is 37.0 Å². The number of nitrogens with zero attached hydrogens (tertiary/aromatic N) is 3. The van der Waals surface area contributed by atoms with Gasteiger partial charge in [0.1, 0.15) is 0 Å². The lowest BCUT2D eigenvalue weighted by atomic mass is 9.95. The van der Waals surface area contributed by atoms with E-state index in [4.69, 9.17) is 0 Å². The summed E-state index contributed by atoms with van der Waals surface area (Å²) in [6, 6.07) is 1.84.